The molecule has 1 fully saturated rings. The fraction of sp³-hybridized carbons (Fsp3) is 0.500. The lowest BCUT2D eigenvalue weighted by Crippen LogP contribution is -2.58. The molecular weight excluding hydrogens is 304 g/mol. The minimum atomic E-state index is -1.44. The first kappa shape index (κ1) is 15.9. The molecule has 0 unspecified atom stereocenters. The summed E-state index contributed by atoms with van der Waals surface area (Å²) in [5.74, 6) is 0. The van der Waals surface area contributed by atoms with Gasteiger partial charge in [-0.1, -0.05) is 11.6 Å². The Bertz CT molecular complexity index is 542. The van der Waals surface area contributed by atoms with Crippen LogP contribution in [0.25, 0.3) is 0 Å². The molecule has 21 heavy (non-hydrogen) atoms. The van der Waals surface area contributed by atoms with Gasteiger partial charge in [-0.2, -0.15) is 0 Å². The molecule has 1 aliphatic rings. The van der Waals surface area contributed by atoms with E-state index in [4.69, 9.17) is 16.3 Å². The maximum absolute atomic E-state index is 11.0. The van der Waals surface area contributed by atoms with E-state index in [0.29, 0.717) is 0 Å². The van der Waals surface area contributed by atoms with Crippen LogP contribution in [0.1, 0.15) is 6.92 Å². The molecule has 1 aliphatic heterocycles. The number of hydrogen-bond acceptors (Lipinski definition) is 7. The van der Waals surface area contributed by atoms with Gasteiger partial charge in [0.15, 0.2) is 6.23 Å². The maximum atomic E-state index is 11.0. The third-order valence-corrected chi connectivity index (χ3v) is 3.54. The summed E-state index contributed by atoms with van der Waals surface area (Å²) in [6.45, 7) is 1.52. The Balaban J connectivity index is 2.24. The molecule has 0 aromatic heterocycles. The molecule has 1 heterocycles. The topological polar surface area (TPSA) is 125 Å². The van der Waals surface area contributed by atoms with E-state index in [0.717, 1.165) is 6.07 Å². The zero-order valence-electron chi connectivity index (χ0n) is 11.0. The van der Waals surface area contributed by atoms with E-state index < -0.39 is 35.6 Å². The number of rotatable bonds is 3. The van der Waals surface area contributed by atoms with Gasteiger partial charge < -0.3 is 25.4 Å². The van der Waals surface area contributed by atoms with Gasteiger partial charge in [-0.15, -0.1) is 0 Å². The number of anilines is 1. The first-order chi connectivity index (χ1) is 9.81. The molecule has 0 spiro atoms. The highest BCUT2D eigenvalue weighted by atomic mass is 35.5. The summed E-state index contributed by atoms with van der Waals surface area (Å²) in [5.41, 5.74) is -0.198. The number of benzene rings is 1. The summed E-state index contributed by atoms with van der Waals surface area (Å²) in [4.78, 5) is 10.4. The van der Waals surface area contributed by atoms with Gasteiger partial charge in [0.05, 0.1) is 11.0 Å². The second-order valence-corrected chi connectivity index (χ2v) is 5.23. The van der Waals surface area contributed by atoms with Crippen molar-refractivity contribution in [3.63, 3.8) is 0 Å². The summed E-state index contributed by atoms with van der Waals surface area (Å²) < 4.78 is 5.32. The molecule has 9 heteroatoms. The summed E-state index contributed by atoms with van der Waals surface area (Å²) >= 11 is 5.71. The summed E-state index contributed by atoms with van der Waals surface area (Å²) in [6.07, 6.45) is -5.94. The molecule has 1 aromatic rings. The van der Waals surface area contributed by atoms with Gasteiger partial charge in [0.2, 0.25) is 0 Å². The lowest BCUT2D eigenvalue weighted by Gasteiger charge is -2.39. The first-order valence-corrected chi connectivity index (χ1v) is 6.59. The Morgan fingerprint density at radius 1 is 1.29 bits per heavy atom. The third-order valence-electron chi connectivity index (χ3n) is 3.31. The Hall–Kier alpha value is -1.45. The van der Waals surface area contributed by atoms with Crippen LogP contribution >= 0.6 is 11.6 Å². The van der Waals surface area contributed by atoms with Crippen LogP contribution in [0.3, 0.4) is 0 Å². The predicted octanol–water partition coefficient (Wildman–Crippen LogP) is 0.488. The SMILES string of the molecule is C[C@@H]1O[C@H](Nc2ccc(Cl)cc2[N+](=O)[O-])[C@H](O)[C@@H](O)[C@H]1O. The highest BCUT2D eigenvalue weighted by molar-refractivity contribution is 6.30. The number of aliphatic hydroxyl groups excluding tert-OH is 3. The van der Waals surface area contributed by atoms with Gasteiger partial charge in [-0.05, 0) is 19.1 Å². The van der Waals surface area contributed by atoms with Crippen LogP contribution in [-0.2, 0) is 4.74 Å². The molecule has 0 saturated carbocycles. The summed E-state index contributed by atoms with van der Waals surface area (Å²) in [5, 5.41) is 43.0. The van der Waals surface area contributed by atoms with Crippen LogP contribution in [0.15, 0.2) is 18.2 Å². The number of nitrogens with zero attached hydrogens (tertiary/aromatic N) is 1. The molecule has 2 rings (SSSR count). The third kappa shape index (κ3) is 3.25. The number of hydrogen-bond donors (Lipinski definition) is 4. The molecule has 0 radical (unpaired) electrons. The summed E-state index contributed by atoms with van der Waals surface area (Å²) in [7, 11) is 0. The Labute approximate surface area is 125 Å². The fourth-order valence-corrected chi connectivity index (χ4v) is 2.27. The average Bonchev–Trinajstić information content (AvgIpc) is 2.44. The lowest BCUT2D eigenvalue weighted by atomic mass is 9.99. The van der Waals surface area contributed by atoms with Gasteiger partial charge in [-0.25, -0.2) is 0 Å². The van der Waals surface area contributed by atoms with Crippen molar-refractivity contribution < 1.29 is 25.0 Å². The van der Waals surface area contributed by atoms with Crippen molar-refractivity contribution in [2.24, 2.45) is 0 Å². The van der Waals surface area contributed by atoms with E-state index in [9.17, 15) is 25.4 Å². The lowest BCUT2D eigenvalue weighted by molar-refractivity contribution is -0.384. The molecular formula is C12H15ClN2O6. The number of nitrogens with one attached hydrogen (secondary N) is 1. The van der Waals surface area contributed by atoms with Crippen LogP contribution in [0.2, 0.25) is 5.02 Å². The molecule has 0 aliphatic carbocycles. The van der Waals surface area contributed by atoms with Crippen molar-refractivity contribution in [2.75, 3.05) is 5.32 Å². The Morgan fingerprint density at radius 3 is 2.57 bits per heavy atom. The monoisotopic (exact) mass is 318 g/mol. The number of nitro benzene ring substituents is 1. The molecule has 0 amide bonds. The largest absolute Gasteiger partial charge is 0.388 e. The van der Waals surface area contributed by atoms with E-state index in [-0.39, 0.29) is 16.4 Å². The second kappa shape index (κ2) is 6.12. The minimum Gasteiger partial charge on any atom is -0.388 e. The maximum Gasteiger partial charge on any atom is 0.293 e. The highest BCUT2D eigenvalue weighted by Gasteiger charge is 2.42. The van der Waals surface area contributed by atoms with E-state index in [1.54, 1.807) is 0 Å². The van der Waals surface area contributed by atoms with Crippen molar-refractivity contribution in [2.45, 2.75) is 37.6 Å². The minimum absolute atomic E-state index is 0.0873. The molecule has 5 atom stereocenters. The van der Waals surface area contributed by atoms with Crippen molar-refractivity contribution in [1.82, 2.24) is 0 Å². The zero-order chi connectivity index (χ0) is 15.7. The Kier molecular flexibility index (Phi) is 4.64. The molecule has 1 saturated heterocycles. The van der Waals surface area contributed by atoms with Crippen molar-refractivity contribution in [3.05, 3.63) is 33.3 Å². The van der Waals surface area contributed by atoms with Gasteiger partial charge in [0.1, 0.15) is 24.0 Å². The van der Waals surface area contributed by atoms with Crippen molar-refractivity contribution >= 4 is 23.0 Å². The molecule has 116 valence electrons. The van der Waals surface area contributed by atoms with E-state index in [1.165, 1.54) is 19.1 Å². The normalized spacial score (nSPS) is 32.7. The molecule has 0 bridgehead atoms. The molecule has 4 N–H and O–H groups in total. The fourth-order valence-electron chi connectivity index (χ4n) is 2.10. The van der Waals surface area contributed by atoms with Crippen LogP contribution in [-0.4, -0.2) is 50.9 Å². The summed E-state index contributed by atoms with van der Waals surface area (Å²) in [6, 6.07) is 3.98. The number of ether oxygens (including phenoxy) is 1. The first-order valence-electron chi connectivity index (χ1n) is 6.21. The van der Waals surface area contributed by atoms with Crippen LogP contribution in [0, 0.1) is 10.1 Å². The number of nitro groups is 1. The molecule has 8 nitrogen and oxygen atoms in total. The van der Waals surface area contributed by atoms with Gasteiger partial charge in [0.25, 0.3) is 5.69 Å². The van der Waals surface area contributed by atoms with Crippen LogP contribution < -0.4 is 5.32 Å². The number of halogens is 1. The average molecular weight is 319 g/mol. The smallest absolute Gasteiger partial charge is 0.293 e. The zero-order valence-corrected chi connectivity index (χ0v) is 11.8. The van der Waals surface area contributed by atoms with Crippen molar-refractivity contribution in [1.29, 1.82) is 0 Å². The van der Waals surface area contributed by atoms with Crippen molar-refractivity contribution in [3.8, 4) is 0 Å². The van der Waals surface area contributed by atoms with Crippen LogP contribution in [0.5, 0.6) is 0 Å². The molecule has 1 aromatic carbocycles. The van der Waals surface area contributed by atoms with Gasteiger partial charge in [0, 0.05) is 11.1 Å². The standard InChI is InChI=1S/C12H15ClN2O6/c1-5-9(16)10(17)11(18)12(21-5)14-7-3-2-6(13)4-8(7)15(19)20/h2-5,9-12,14,16-18H,1H3/t5-,9-,10-,11+,12-/m0/s1. The van der Waals surface area contributed by atoms with E-state index in [1.807, 2.05) is 0 Å². The number of aliphatic hydroxyl groups is 3. The van der Waals surface area contributed by atoms with E-state index >= 15 is 0 Å². The second-order valence-electron chi connectivity index (χ2n) is 4.80. The van der Waals surface area contributed by atoms with Crippen LogP contribution in [0.4, 0.5) is 11.4 Å². The highest BCUT2D eigenvalue weighted by Crippen LogP contribution is 2.30. The van der Waals surface area contributed by atoms with Gasteiger partial charge in [-0.3, -0.25) is 10.1 Å². The van der Waals surface area contributed by atoms with Gasteiger partial charge >= 0.3 is 0 Å². The quantitative estimate of drug-likeness (QED) is 0.472. The predicted molar refractivity (Wildman–Crippen MR) is 74.1 cm³/mol. The Morgan fingerprint density at radius 2 is 1.95 bits per heavy atom. The van der Waals surface area contributed by atoms with E-state index in [2.05, 4.69) is 5.32 Å².